The van der Waals surface area contributed by atoms with E-state index in [0.29, 0.717) is 6.54 Å². The van der Waals surface area contributed by atoms with E-state index >= 15 is 0 Å². The monoisotopic (exact) mass is 401 g/mol. The maximum atomic E-state index is 5.90. The molecule has 0 fully saturated rings. The van der Waals surface area contributed by atoms with E-state index < -0.39 is 0 Å². The first-order chi connectivity index (χ1) is 14.1. The van der Waals surface area contributed by atoms with E-state index in [9.17, 15) is 0 Å². The highest BCUT2D eigenvalue weighted by atomic mass is 32.2. The number of nitrogens with two attached hydrogens (primary N) is 1. The van der Waals surface area contributed by atoms with Crippen LogP contribution in [-0.2, 0) is 0 Å². The van der Waals surface area contributed by atoms with E-state index in [1.165, 1.54) is 0 Å². The van der Waals surface area contributed by atoms with E-state index in [1.807, 2.05) is 61.5 Å². The van der Waals surface area contributed by atoms with Crippen LogP contribution in [0.15, 0.2) is 110 Å². The summed E-state index contributed by atoms with van der Waals surface area (Å²) in [4.78, 5) is 14.8. The molecule has 3 rings (SSSR count). The van der Waals surface area contributed by atoms with Crippen molar-refractivity contribution in [2.45, 2.75) is 11.8 Å². The molecule has 0 spiro atoms. The van der Waals surface area contributed by atoms with Crippen molar-refractivity contribution in [3.63, 3.8) is 0 Å². The molecule has 0 unspecified atom stereocenters. The average Bonchev–Trinajstić information content (AvgIpc) is 2.92. The maximum absolute atomic E-state index is 5.90. The molecule has 0 aromatic heterocycles. The third-order valence-electron chi connectivity index (χ3n) is 3.93. The van der Waals surface area contributed by atoms with Crippen molar-refractivity contribution in [2.24, 2.45) is 20.7 Å². The molecule has 0 saturated heterocycles. The molecule has 0 amide bonds. The summed E-state index contributed by atoms with van der Waals surface area (Å²) in [7, 11) is 0. The van der Waals surface area contributed by atoms with Gasteiger partial charge < -0.3 is 11.1 Å². The number of aliphatic imine (C=N–C) groups is 3. The van der Waals surface area contributed by atoms with Gasteiger partial charge in [-0.15, -0.1) is 0 Å². The summed E-state index contributed by atoms with van der Waals surface area (Å²) in [5.41, 5.74) is 9.59. The van der Waals surface area contributed by atoms with Gasteiger partial charge in [0.2, 0.25) is 5.96 Å². The zero-order valence-electron chi connectivity index (χ0n) is 16.2. The minimum absolute atomic E-state index is 0.280. The molecule has 0 atom stereocenters. The Bertz CT molecular complexity index is 999. The molecule has 146 valence electrons. The SMILES string of the molecule is C=C(/C=C\N=CC)Sc1ccc(NC2=CC(c3ccccc3)=NC(N)=NC2)cc1. The Labute approximate surface area is 175 Å². The first-order valence-electron chi connectivity index (χ1n) is 9.17. The molecule has 1 aliphatic heterocycles. The van der Waals surface area contributed by atoms with E-state index in [4.69, 9.17) is 5.73 Å². The van der Waals surface area contributed by atoms with Gasteiger partial charge in [0.25, 0.3) is 0 Å². The summed E-state index contributed by atoms with van der Waals surface area (Å²) in [6.45, 7) is 6.36. The number of nitrogens with zero attached hydrogens (tertiary/aromatic N) is 3. The molecule has 1 aliphatic rings. The van der Waals surface area contributed by atoms with Gasteiger partial charge in [-0.2, -0.15) is 0 Å². The normalized spacial score (nSPS) is 14.3. The lowest BCUT2D eigenvalue weighted by molar-refractivity contribution is 1.13. The van der Waals surface area contributed by atoms with Crippen molar-refractivity contribution in [3.8, 4) is 0 Å². The first kappa shape index (κ1) is 20.4. The number of nitrogens with one attached hydrogen (secondary N) is 1. The van der Waals surface area contributed by atoms with Crippen molar-refractivity contribution in [2.75, 3.05) is 11.9 Å². The van der Waals surface area contributed by atoms with E-state index in [2.05, 4.69) is 39.0 Å². The topological polar surface area (TPSA) is 75.1 Å². The molecule has 1 heterocycles. The maximum Gasteiger partial charge on any atom is 0.216 e. The van der Waals surface area contributed by atoms with Crippen LogP contribution < -0.4 is 11.1 Å². The van der Waals surface area contributed by atoms with Crippen LogP contribution in [0.3, 0.4) is 0 Å². The van der Waals surface area contributed by atoms with E-state index in [1.54, 1.807) is 24.2 Å². The number of thioether (sulfide) groups is 1. The number of hydrogen-bond acceptors (Lipinski definition) is 6. The van der Waals surface area contributed by atoms with Crippen LogP contribution in [0.4, 0.5) is 5.69 Å². The van der Waals surface area contributed by atoms with Crippen LogP contribution in [0, 0.1) is 0 Å². The molecule has 0 saturated carbocycles. The van der Waals surface area contributed by atoms with E-state index in [-0.39, 0.29) is 5.96 Å². The Morgan fingerprint density at radius 1 is 1.17 bits per heavy atom. The van der Waals surface area contributed by atoms with Crippen LogP contribution in [-0.4, -0.2) is 24.4 Å². The highest BCUT2D eigenvalue weighted by Gasteiger charge is 2.09. The molecule has 0 bridgehead atoms. The summed E-state index contributed by atoms with van der Waals surface area (Å²) in [6.07, 6.45) is 7.35. The summed E-state index contributed by atoms with van der Waals surface area (Å²) in [5, 5.41) is 3.42. The minimum Gasteiger partial charge on any atom is -0.368 e. The van der Waals surface area contributed by atoms with Gasteiger partial charge in [-0.3, -0.25) is 4.99 Å². The number of benzene rings is 2. The number of hydrogen-bond donors (Lipinski definition) is 2. The Morgan fingerprint density at radius 3 is 2.66 bits per heavy atom. The predicted octanol–water partition coefficient (Wildman–Crippen LogP) is 5.01. The van der Waals surface area contributed by atoms with Crippen molar-refractivity contribution in [1.82, 2.24) is 0 Å². The minimum atomic E-state index is 0.280. The third-order valence-corrected chi connectivity index (χ3v) is 4.84. The summed E-state index contributed by atoms with van der Waals surface area (Å²) in [5.74, 6) is 0.280. The molecule has 2 aromatic rings. The van der Waals surface area contributed by atoms with Gasteiger partial charge in [-0.25, -0.2) is 9.98 Å². The van der Waals surface area contributed by atoms with Crippen LogP contribution in [0.5, 0.6) is 0 Å². The smallest absolute Gasteiger partial charge is 0.216 e. The fourth-order valence-corrected chi connectivity index (χ4v) is 3.29. The predicted molar refractivity (Wildman–Crippen MR) is 126 cm³/mol. The molecule has 0 aliphatic carbocycles. The first-order valence-corrected chi connectivity index (χ1v) is 9.98. The van der Waals surface area contributed by atoms with Gasteiger partial charge in [0.1, 0.15) is 0 Å². The second-order valence-electron chi connectivity index (χ2n) is 6.15. The van der Waals surface area contributed by atoms with Gasteiger partial charge in [0, 0.05) is 39.2 Å². The lowest BCUT2D eigenvalue weighted by Gasteiger charge is -2.10. The van der Waals surface area contributed by atoms with Gasteiger partial charge in [-0.05, 0) is 43.3 Å². The molecule has 0 radical (unpaired) electrons. The number of anilines is 1. The van der Waals surface area contributed by atoms with Gasteiger partial charge in [0.15, 0.2) is 0 Å². The fourth-order valence-electron chi connectivity index (χ4n) is 2.59. The Morgan fingerprint density at radius 2 is 1.93 bits per heavy atom. The number of guanidine groups is 1. The van der Waals surface area contributed by atoms with Crippen LogP contribution in [0.25, 0.3) is 0 Å². The highest BCUT2D eigenvalue weighted by molar-refractivity contribution is 8.03. The fraction of sp³-hybridized carbons (Fsp3) is 0.0870. The Balaban J connectivity index is 1.70. The number of allylic oxidation sites excluding steroid dienone is 2. The van der Waals surface area contributed by atoms with Gasteiger partial charge >= 0.3 is 0 Å². The standard InChI is InChI=1S/C23H23N5S/c1-3-25-14-13-17(2)29-21-11-9-19(10-12-21)27-20-15-22(28-23(24)26-16-20)18-7-5-4-6-8-18/h3-15,27H,2,16H2,1H3,(H2,24,26)/b14-13-,25-3?. The number of rotatable bonds is 7. The molecule has 3 N–H and O–H groups in total. The average molecular weight is 402 g/mol. The van der Waals surface area contributed by atoms with Crippen molar-refractivity contribution in [1.29, 1.82) is 0 Å². The molecule has 5 nitrogen and oxygen atoms in total. The van der Waals surface area contributed by atoms with Crippen molar-refractivity contribution in [3.05, 3.63) is 95.7 Å². The summed E-state index contributed by atoms with van der Waals surface area (Å²) < 4.78 is 0. The molecule has 6 heteroatoms. The van der Waals surface area contributed by atoms with Crippen molar-refractivity contribution >= 4 is 35.3 Å². The van der Waals surface area contributed by atoms with Crippen LogP contribution >= 0.6 is 11.8 Å². The van der Waals surface area contributed by atoms with Crippen LogP contribution in [0.2, 0.25) is 0 Å². The highest BCUT2D eigenvalue weighted by Crippen LogP contribution is 2.27. The van der Waals surface area contributed by atoms with Gasteiger partial charge in [0.05, 0.1) is 12.3 Å². The molecular weight excluding hydrogens is 378 g/mol. The van der Waals surface area contributed by atoms with Gasteiger partial charge in [-0.1, -0.05) is 48.7 Å². The summed E-state index contributed by atoms with van der Waals surface area (Å²) in [6, 6.07) is 18.1. The zero-order chi connectivity index (χ0) is 20.5. The Kier molecular flexibility index (Phi) is 7.19. The molecule has 2 aromatic carbocycles. The zero-order valence-corrected chi connectivity index (χ0v) is 17.1. The lowest BCUT2D eigenvalue weighted by Crippen LogP contribution is -2.11. The third kappa shape index (κ3) is 6.33. The Hall–Kier alpha value is -3.38. The van der Waals surface area contributed by atoms with Crippen LogP contribution in [0.1, 0.15) is 12.5 Å². The molecular formula is C23H23N5S. The lowest BCUT2D eigenvalue weighted by atomic mass is 10.1. The molecule has 29 heavy (non-hydrogen) atoms. The largest absolute Gasteiger partial charge is 0.368 e. The second kappa shape index (κ2) is 10.2. The van der Waals surface area contributed by atoms with E-state index in [0.717, 1.165) is 32.5 Å². The summed E-state index contributed by atoms with van der Waals surface area (Å²) >= 11 is 1.60. The van der Waals surface area contributed by atoms with Crippen molar-refractivity contribution < 1.29 is 0 Å². The second-order valence-corrected chi connectivity index (χ2v) is 7.35. The quantitative estimate of drug-likeness (QED) is 0.389.